The van der Waals surface area contributed by atoms with E-state index in [1.54, 1.807) is 18.3 Å². The smallest absolute Gasteiger partial charge is 0.244 e. The Morgan fingerprint density at radius 2 is 1.90 bits per heavy atom. The summed E-state index contributed by atoms with van der Waals surface area (Å²) >= 11 is 5.05. The molecule has 3 N–H and O–H groups in total. The van der Waals surface area contributed by atoms with Crippen LogP contribution in [0.1, 0.15) is 22.2 Å². The highest BCUT2D eigenvalue weighted by Gasteiger charge is 2.30. The summed E-state index contributed by atoms with van der Waals surface area (Å²) in [5.74, 6) is -0.175. The van der Waals surface area contributed by atoms with Crippen molar-refractivity contribution < 1.29 is 4.79 Å². The van der Waals surface area contributed by atoms with Crippen molar-refractivity contribution in [2.24, 2.45) is 5.73 Å². The quantitative estimate of drug-likeness (QED) is 0.837. The molecule has 114 valence electrons. The van der Waals surface area contributed by atoms with E-state index in [9.17, 15) is 4.79 Å². The Bertz CT molecular complexity index is 610. The van der Waals surface area contributed by atoms with E-state index in [1.807, 2.05) is 43.3 Å². The molecule has 0 saturated heterocycles. The number of thiophene rings is 1. The summed E-state index contributed by atoms with van der Waals surface area (Å²) in [7, 11) is 0. The molecular formula is C15H18BrClN2OS. The predicted molar refractivity (Wildman–Crippen MR) is 93.8 cm³/mol. The first kappa shape index (κ1) is 18.2. The SMILES string of the molecule is Cc1ccc(CNC(=O)C(C)(N)c2ccc(Br)cc2)s1.Cl. The summed E-state index contributed by atoms with van der Waals surface area (Å²) in [6.07, 6.45) is 0. The van der Waals surface area contributed by atoms with Crippen LogP contribution in [0.2, 0.25) is 0 Å². The number of amides is 1. The van der Waals surface area contributed by atoms with E-state index in [-0.39, 0.29) is 18.3 Å². The maximum atomic E-state index is 12.3. The molecule has 1 aromatic carbocycles. The zero-order valence-corrected chi connectivity index (χ0v) is 15.1. The van der Waals surface area contributed by atoms with Gasteiger partial charge in [0.2, 0.25) is 5.91 Å². The Hall–Kier alpha value is -0.880. The number of rotatable bonds is 4. The largest absolute Gasteiger partial charge is 0.349 e. The van der Waals surface area contributed by atoms with Gasteiger partial charge in [0, 0.05) is 14.2 Å². The number of carbonyl (C=O) groups is 1. The summed E-state index contributed by atoms with van der Waals surface area (Å²) in [5, 5.41) is 2.90. The molecule has 1 amide bonds. The van der Waals surface area contributed by atoms with E-state index in [4.69, 9.17) is 5.73 Å². The van der Waals surface area contributed by atoms with E-state index in [2.05, 4.69) is 21.2 Å². The average Bonchev–Trinajstić information content (AvgIpc) is 2.82. The number of aryl methyl sites for hydroxylation is 1. The van der Waals surface area contributed by atoms with Gasteiger partial charge in [0.05, 0.1) is 6.54 Å². The molecule has 0 spiro atoms. The summed E-state index contributed by atoms with van der Waals surface area (Å²) in [6.45, 7) is 4.29. The van der Waals surface area contributed by atoms with Crippen molar-refractivity contribution in [3.8, 4) is 0 Å². The molecule has 6 heteroatoms. The van der Waals surface area contributed by atoms with Crippen LogP contribution in [0.4, 0.5) is 0 Å². The van der Waals surface area contributed by atoms with Crippen LogP contribution in [-0.4, -0.2) is 5.91 Å². The zero-order valence-electron chi connectivity index (χ0n) is 11.9. The number of hydrogen-bond donors (Lipinski definition) is 2. The number of halogens is 2. The fraction of sp³-hybridized carbons (Fsp3) is 0.267. The van der Waals surface area contributed by atoms with Gasteiger partial charge in [0.1, 0.15) is 5.54 Å². The monoisotopic (exact) mass is 388 g/mol. The van der Waals surface area contributed by atoms with Crippen LogP contribution in [0.5, 0.6) is 0 Å². The molecule has 0 radical (unpaired) electrons. The molecule has 1 atom stereocenters. The van der Waals surface area contributed by atoms with Gasteiger partial charge in [-0.1, -0.05) is 28.1 Å². The normalized spacial score (nSPS) is 13.1. The summed E-state index contributed by atoms with van der Waals surface area (Å²) in [5.41, 5.74) is 5.93. The van der Waals surface area contributed by atoms with Crippen LogP contribution in [0.25, 0.3) is 0 Å². The van der Waals surface area contributed by atoms with E-state index in [0.29, 0.717) is 6.54 Å². The molecule has 0 saturated carbocycles. The second-order valence-electron chi connectivity index (χ2n) is 4.90. The van der Waals surface area contributed by atoms with Crippen LogP contribution >= 0.6 is 39.7 Å². The number of benzene rings is 1. The Morgan fingerprint density at radius 3 is 2.43 bits per heavy atom. The lowest BCUT2D eigenvalue weighted by Gasteiger charge is -2.24. The van der Waals surface area contributed by atoms with Crippen molar-refractivity contribution in [2.75, 3.05) is 0 Å². The van der Waals surface area contributed by atoms with Crippen molar-refractivity contribution in [2.45, 2.75) is 25.9 Å². The molecule has 1 unspecified atom stereocenters. The molecule has 1 heterocycles. The van der Waals surface area contributed by atoms with Gasteiger partial charge < -0.3 is 11.1 Å². The average molecular weight is 390 g/mol. The molecule has 2 rings (SSSR count). The number of nitrogens with one attached hydrogen (secondary N) is 1. The number of nitrogens with two attached hydrogens (primary N) is 1. The topological polar surface area (TPSA) is 55.1 Å². The molecule has 0 fully saturated rings. The maximum Gasteiger partial charge on any atom is 0.244 e. The molecule has 0 aliphatic heterocycles. The molecule has 0 aliphatic carbocycles. The first-order valence-corrected chi connectivity index (χ1v) is 7.89. The van der Waals surface area contributed by atoms with Gasteiger partial charge >= 0.3 is 0 Å². The van der Waals surface area contributed by atoms with E-state index in [0.717, 1.165) is 14.9 Å². The van der Waals surface area contributed by atoms with Gasteiger partial charge in [-0.15, -0.1) is 23.7 Å². The minimum Gasteiger partial charge on any atom is -0.349 e. The molecule has 0 aliphatic rings. The van der Waals surface area contributed by atoms with Crippen LogP contribution in [0.3, 0.4) is 0 Å². The van der Waals surface area contributed by atoms with Gasteiger partial charge in [-0.2, -0.15) is 0 Å². The highest BCUT2D eigenvalue weighted by Crippen LogP contribution is 2.21. The third kappa shape index (κ3) is 4.54. The third-order valence-electron chi connectivity index (χ3n) is 3.13. The first-order valence-electron chi connectivity index (χ1n) is 6.28. The standard InChI is InChI=1S/C15H17BrN2OS.ClH/c1-10-3-8-13(20-10)9-18-14(19)15(2,17)11-4-6-12(16)7-5-11;/h3-8H,9,17H2,1-2H3,(H,18,19);1H. The number of carbonyl (C=O) groups excluding carboxylic acids is 1. The molecule has 21 heavy (non-hydrogen) atoms. The molecular weight excluding hydrogens is 372 g/mol. The third-order valence-corrected chi connectivity index (χ3v) is 4.66. The van der Waals surface area contributed by atoms with E-state index in [1.165, 1.54) is 4.88 Å². The van der Waals surface area contributed by atoms with Gasteiger partial charge in [-0.3, -0.25) is 4.79 Å². The van der Waals surface area contributed by atoms with Gasteiger partial charge in [0.25, 0.3) is 0 Å². The van der Waals surface area contributed by atoms with Crippen molar-refractivity contribution in [1.29, 1.82) is 0 Å². The van der Waals surface area contributed by atoms with Gasteiger partial charge in [-0.05, 0) is 43.7 Å². The highest BCUT2D eigenvalue weighted by molar-refractivity contribution is 9.10. The Labute approximate surface area is 143 Å². The molecule has 0 bridgehead atoms. The zero-order chi connectivity index (χ0) is 14.8. The molecule has 1 aromatic heterocycles. The Morgan fingerprint density at radius 1 is 1.29 bits per heavy atom. The molecule has 2 aromatic rings. The summed E-state index contributed by atoms with van der Waals surface area (Å²) in [4.78, 5) is 14.6. The lowest BCUT2D eigenvalue weighted by molar-refractivity contribution is -0.126. The predicted octanol–water partition coefficient (Wildman–Crippen LogP) is 3.73. The minimum atomic E-state index is -1.03. The second kappa shape index (κ2) is 7.40. The van der Waals surface area contributed by atoms with Crippen molar-refractivity contribution in [3.63, 3.8) is 0 Å². The Kier molecular flexibility index (Phi) is 6.41. The van der Waals surface area contributed by atoms with E-state index < -0.39 is 5.54 Å². The van der Waals surface area contributed by atoms with Crippen molar-refractivity contribution in [1.82, 2.24) is 5.32 Å². The van der Waals surface area contributed by atoms with Crippen LogP contribution in [-0.2, 0) is 16.9 Å². The fourth-order valence-electron chi connectivity index (χ4n) is 1.86. The van der Waals surface area contributed by atoms with Crippen LogP contribution in [0, 0.1) is 6.92 Å². The summed E-state index contributed by atoms with van der Waals surface area (Å²) in [6, 6.07) is 11.6. The fourth-order valence-corrected chi connectivity index (χ4v) is 2.95. The first-order chi connectivity index (χ1) is 9.39. The van der Waals surface area contributed by atoms with Crippen LogP contribution in [0.15, 0.2) is 40.9 Å². The van der Waals surface area contributed by atoms with Crippen molar-refractivity contribution in [3.05, 3.63) is 56.2 Å². The molecule has 3 nitrogen and oxygen atoms in total. The van der Waals surface area contributed by atoms with Gasteiger partial charge in [0.15, 0.2) is 0 Å². The highest BCUT2D eigenvalue weighted by atomic mass is 79.9. The Balaban J connectivity index is 0.00000220. The van der Waals surface area contributed by atoms with Crippen molar-refractivity contribution >= 4 is 45.6 Å². The minimum absolute atomic E-state index is 0. The number of hydrogen-bond acceptors (Lipinski definition) is 3. The lowest BCUT2D eigenvalue weighted by Crippen LogP contribution is -2.48. The summed E-state index contributed by atoms with van der Waals surface area (Å²) < 4.78 is 0.964. The second-order valence-corrected chi connectivity index (χ2v) is 7.19. The van der Waals surface area contributed by atoms with E-state index >= 15 is 0 Å². The van der Waals surface area contributed by atoms with Crippen LogP contribution < -0.4 is 11.1 Å². The van der Waals surface area contributed by atoms with Gasteiger partial charge in [-0.25, -0.2) is 0 Å². The lowest BCUT2D eigenvalue weighted by atomic mass is 9.92. The maximum absolute atomic E-state index is 12.3.